The highest BCUT2D eigenvalue weighted by Crippen LogP contribution is 2.33. The Bertz CT molecular complexity index is 219. The van der Waals surface area contributed by atoms with Gasteiger partial charge in [-0.05, 0) is 44.7 Å². The van der Waals surface area contributed by atoms with Gasteiger partial charge in [-0.2, -0.15) is 0 Å². The highest BCUT2D eigenvalue weighted by molar-refractivity contribution is 5.00. The highest BCUT2D eigenvalue weighted by Gasteiger charge is 2.41. The first kappa shape index (κ1) is 15.9. The van der Waals surface area contributed by atoms with Crippen LogP contribution in [-0.4, -0.2) is 42.8 Å². The minimum absolute atomic E-state index is 0.148. The van der Waals surface area contributed by atoms with Crippen molar-refractivity contribution in [3.8, 4) is 0 Å². The van der Waals surface area contributed by atoms with E-state index in [-0.39, 0.29) is 11.6 Å². The van der Waals surface area contributed by atoms with Crippen LogP contribution in [0.5, 0.6) is 0 Å². The van der Waals surface area contributed by atoms with Crippen molar-refractivity contribution in [3.05, 3.63) is 0 Å². The van der Waals surface area contributed by atoms with E-state index in [1.54, 1.807) is 0 Å². The largest absolute Gasteiger partial charge is 0.381 e. The van der Waals surface area contributed by atoms with Crippen molar-refractivity contribution in [3.63, 3.8) is 0 Å². The van der Waals surface area contributed by atoms with E-state index in [0.29, 0.717) is 5.92 Å². The number of likely N-dealkylation sites (N-methyl/N-ethyl adjacent to an activating group) is 1. The zero-order valence-corrected chi connectivity index (χ0v) is 12.7. The molecule has 0 saturated carbocycles. The zero-order valence-electron chi connectivity index (χ0n) is 12.7. The van der Waals surface area contributed by atoms with Gasteiger partial charge in [0.2, 0.25) is 0 Å². The Hall–Kier alpha value is -0.120. The Labute approximate surface area is 113 Å². The highest BCUT2D eigenvalue weighted by atomic mass is 16.5. The maximum absolute atomic E-state index is 6.68. The fourth-order valence-electron chi connectivity index (χ4n) is 3.72. The van der Waals surface area contributed by atoms with Gasteiger partial charge in [0.25, 0.3) is 0 Å². The maximum Gasteiger partial charge on any atom is 0.0509 e. The Morgan fingerprint density at radius 1 is 1.22 bits per heavy atom. The van der Waals surface area contributed by atoms with Crippen LogP contribution >= 0.6 is 0 Å². The Morgan fingerprint density at radius 3 is 2.22 bits per heavy atom. The van der Waals surface area contributed by atoms with Crippen molar-refractivity contribution in [2.24, 2.45) is 11.7 Å². The molecule has 3 nitrogen and oxygen atoms in total. The van der Waals surface area contributed by atoms with Crippen molar-refractivity contribution in [1.82, 2.24) is 4.90 Å². The Balaban J connectivity index is 2.86. The summed E-state index contributed by atoms with van der Waals surface area (Å²) >= 11 is 0. The van der Waals surface area contributed by atoms with E-state index < -0.39 is 0 Å². The molecule has 1 heterocycles. The van der Waals surface area contributed by atoms with E-state index in [9.17, 15) is 0 Å². The molecule has 0 aromatic carbocycles. The zero-order chi connectivity index (χ0) is 13.6. The lowest BCUT2D eigenvalue weighted by Gasteiger charge is -2.49. The second-order valence-corrected chi connectivity index (χ2v) is 5.49. The standard InChI is InChI=1S/C15H32N2O/c1-5-15(6-2,17(7-3)8-4)14(16)13-10-9-11-18-12-13/h13-14H,5-12,16H2,1-4H3. The molecule has 0 radical (unpaired) electrons. The molecule has 0 amide bonds. The van der Waals surface area contributed by atoms with Gasteiger partial charge in [-0.3, -0.25) is 4.90 Å². The van der Waals surface area contributed by atoms with Gasteiger partial charge in [-0.15, -0.1) is 0 Å². The second-order valence-electron chi connectivity index (χ2n) is 5.49. The molecule has 0 aliphatic carbocycles. The van der Waals surface area contributed by atoms with Gasteiger partial charge < -0.3 is 10.5 Å². The van der Waals surface area contributed by atoms with E-state index in [4.69, 9.17) is 10.5 Å². The van der Waals surface area contributed by atoms with Crippen LogP contribution in [0.4, 0.5) is 0 Å². The summed E-state index contributed by atoms with van der Waals surface area (Å²) in [7, 11) is 0. The third-order valence-electron chi connectivity index (χ3n) is 4.94. The molecule has 0 bridgehead atoms. The monoisotopic (exact) mass is 256 g/mol. The first-order chi connectivity index (χ1) is 8.66. The fourth-order valence-corrected chi connectivity index (χ4v) is 3.72. The first-order valence-corrected chi connectivity index (χ1v) is 7.74. The number of nitrogens with two attached hydrogens (primary N) is 1. The average molecular weight is 256 g/mol. The lowest BCUT2D eigenvalue weighted by atomic mass is 9.75. The predicted molar refractivity (Wildman–Crippen MR) is 77.8 cm³/mol. The number of hydrogen-bond donors (Lipinski definition) is 1. The summed E-state index contributed by atoms with van der Waals surface area (Å²) in [6, 6.07) is 0.229. The van der Waals surface area contributed by atoms with Crippen LogP contribution < -0.4 is 5.73 Å². The third kappa shape index (κ3) is 3.06. The lowest BCUT2D eigenvalue weighted by Crippen LogP contribution is -2.62. The molecule has 1 fully saturated rings. The van der Waals surface area contributed by atoms with Crippen LogP contribution in [0.1, 0.15) is 53.4 Å². The van der Waals surface area contributed by atoms with Crippen molar-refractivity contribution in [1.29, 1.82) is 0 Å². The van der Waals surface area contributed by atoms with Crippen molar-refractivity contribution < 1.29 is 4.74 Å². The molecule has 0 spiro atoms. The fraction of sp³-hybridized carbons (Fsp3) is 1.00. The van der Waals surface area contributed by atoms with Crippen LogP contribution in [-0.2, 0) is 4.74 Å². The van der Waals surface area contributed by atoms with Crippen molar-refractivity contribution in [2.75, 3.05) is 26.3 Å². The third-order valence-corrected chi connectivity index (χ3v) is 4.94. The maximum atomic E-state index is 6.68. The van der Waals surface area contributed by atoms with Crippen LogP contribution in [0.2, 0.25) is 0 Å². The normalized spacial score (nSPS) is 23.3. The van der Waals surface area contributed by atoms with Crippen LogP contribution in [0, 0.1) is 5.92 Å². The molecule has 2 atom stereocenters. The minimum atomic E-state index is 0.148. The number of nitrogens with zero attached hydrogens (tertiary/aromatic N) is 1. The van der Waals surface area contributed by atoms with Crippen LogP contribution in [0.25, 0.3) is 0 Å². The molecule has 108 valence electrons. The van der Waals surface area contributed by atoms with Crippen molar-refractivity contribution in [2.45, 2.75) is 65.0 Å². The van der Waals surface area contributed by atoms with E-state index in [1.165, 1.54) is 12.8 Å². The van der Waals surface area contributed by atoms with Crippen LogP contribution in [0.3, 0.4) is 0 Å². The molecule has 2 N–H and O–H groups in total. The summed E-state index contributed by atoms with van der Waals surface area (Å²) < 4.78 is 5.64. The van der Waals surface area contributed by atoms with E-state index in [0.717, 1.165) is 39.1 Å². The summed E-state index contributed by atoms with van der Waals surface area (Å²) in [6.07, 6.45) is 4.65. The number of rotatable bonds is 7. The van der Waals surface area contributed by atoms with E-state index >= 15 is 0 Å². The summed E-state index contributed by atoms with van der Waals surface area (Å²) in [5.41, 5.74) is 6.83. The topological polar surface area (TPSA) is 38.5 Å². The predicted octanol–water partition coefficient (Wildman–Crippen LogP) is 2.64. The lowest BCUT2D eigenvalue weighted by molar-refractivity contribution is -0.0113. The summed E-state index contributed by atoms with van der Waals surface area (Å²) in [5, 5.41) is 0. The molecule has 1 aliphatic heterocycles. The van der Waals surface area contributed by atoms with Gasteiger partial charge >= 0.3 is 0 Å². The molecule has 1 aliphatic rings. The number of ether oxygens (including phenoxy) is 1. The molecule has 18 heavy (non-hydrogen) atoms. The average Bonchev–Trinajstić information content (AvgIpc) is 2.45. The summed E-state index contributed by atoms with van der Waals surface area (Å²) in [6.45, 7) is 13.0. The molecular weight excluding hydrogens is 224 g/mol. The van der Waals surface area contributed by atoms with Gasteiger partial charge in [0.15, 0.2) is 0 Å². The molecule has 3 heteroatoms. The van der Waals surface area contributed by atoms with Gasteiger partial charge in [0.1, 0.15) is 0 Å². The number of hydrogen-bond acceptors (Lipinski definition) is 3. The van der Waals surface area contributed by atoms with Gasteiger partial charge in [0.05, 0.1) is 6.61 Å². The molecule has 1 rings (SSSR count). The molecule has 1 saturated heterocycles. The van der Waals surface area contributed by atoms with Gasteiger partial charge in [-0.25, -0.2) is 0 Å². The first-order valence-electron chi connectivity index (χ1n) is 7.74. The second kappa shape index (κ2) is 7.46. The van der Waals surface area contributed by atoms with Crippen molar-refractivity contribution >= 4 is 0 Å². The quantitative estimate of drug-likeness (QED) is 0.761. The van der Waals surface area contributed by atoms with E-state index in [1.807, 2.05) is 0 Å². The SMILES string of the molecule is CCN(CC)C(CC)(CC)C(N)C1CCCOC1. The molecular formula is C15H32N2O. The van der Waals surface area contributed by atoms with E-state index in [2.05, 4.69) is 32.6 Å². The minimum Gasteiger partial charge on any atom is -0.381 e. The van der Waals surface area contributed by atoms with Gasteiger partial charge in [0, 0.05) is 18.2 Å². The molecule has 0 aromatic rings. The van der Waals surface area contributed by atoms with Gasteiger partial charge in [-0.1, -0.05) is 27.7 Å². The van der Waals surface area contributed by atoms with Crippen LogP contribution in [0.15, 0.2) is 0 Å². The summed E-state index contributed by atoms with van der Waals surface area (Å²) in [4.78, 5) is 2.56. The summed E-state index contributed by atoms with van der Waals surface area (Å²) in [5.74, 6) is 0.527. The molecule has 2 unspecified atom stereocenters. The Morgan fingerprint density at radius 2 is 1.83 bits per heavy atom. The molecule has 0 aromatic heterocycles. The smallest absolute Gasteiger partial charge is 0.0509 e. The Kier molecular flexibility index (Phi) is 6.61.